The second kappa shape index (κ2) is 6.62. The van der Waals surface area contributed by atoms with Gasteiger partial charge in [0, 0.05) is 23.1 Å². The first-order valence-electron chi connectivity index (χ1n) is 6.00. The second-order valence-electron chi connectivity index (χ2n) is 4.03. The van der Waals surface area contributed by atoms with Gasteiger partial charge in [-0.05, 0) is 37.0 Å². The topological polar surface area (TPSA) is 21.3 Å². The Balaban J connectivity index is 2.36. The predicted molar refractivity (Wildman–Crippen MR) is 83.7 cm³/mol. The number of halogens is 2. The molecule has 0 unspecified atom stereocenters. The summed E-state index contributed by atoms with van der Waals surface area (Å²) in [6, 6.07) is 5.76. The highest BCUT2D eigenvalue weighted by atomic mass is 35.5. The van der Waals surface area contributed by atoms with Crippen LogP contribution in [0.25, 0.3) is 11.1 Å². The van der Waals surface area contributed by atoms with Gasteiger partial charge in [-0.15, -0.1) is 11.3 Å². The minimum atomic E-state index is 0.570. The van der Waals surface area contributed by atoms with E-state index in [1.165, 1.54) is 4.88 Å². The van der Waals surface area contributed by atoms with Gasteiger partial charge >= 0.3 is 0 Å². The summed E-state index contributed by atoms with van der Waals surface area (Å²) in [7, 11) is 1.93. The zero-order valence-electron chi connectivity index (χ0n) is 10.8. The van der Waals surface area contributed by atoms with Crippen molar-refractivity contribution in [1.82, 2.24) is 5.32 Å². The fourth-order valence-electron chi connectivity index (χ4n) is 1.80. The van der Waals surface area contributed by atoms with Crippen molar-refractivity contribution in [3.8, 4) is 16.9 Å². The lowest BCUT2D eigenvalue weighted by Gasteiger charge is -2.09. The highest BCUT2D eigenvalue weighted by molar-refractivity contribution is 7.10. The fraction of sp³-hybridized carbons (Fsp3) is 0.286. The molecule has 0 saturated carbocycles. The third-order valence-corrected chi connectivity index (χ3v) is 4.18. The van der Waals surface area contributed by atoms with Crippen molar-refractivity contribution in [2.45, 2.75) is 13.5 Å². The van der Waals surface area contributed by atoms with Gasteiger partial charge in [0.1, 0.15) is 5.75 Å². The van der Waals surface area contributed by atoms with Crippen LogP contribution in [0.15, 0.2) is 23.6 Å². The molecule has 1 aromatic heterocycles. The predicted octanol–water partition coefficient (Wildman–Crippen LogP) is 4.84. The van der Waals surface area contributed by atoms with Crippen molar-refractivity contribution < 1.29 is 4.74 Å². The molecule has 0 bridgehead atoms. The molecule has 0 fully saturated rings. The van der Waals surface area contributed by atoms with Crippen LogP contribution in [-0.4, -0.2) is 13.7 Å². The maximum absolute atomic E-state index is 6.31. The Hall–Kier alpha value is -0.740. The van der Waals surface area contributed by atoms with Crippen molar-refractivity contribution in [2.75, 3.05) is 13.7 Å². The monoisotopic (exact) mass is 315 g/mol. The number of benzene rings is 1. The summed E-state index contributed by atoms with van der Waals surface area (Å²) in [5, 5.41) is 6.46. The minimum Gasteiger partial charge on any atom is -0.492 e. The van der Waals surface area contributed by atoms with Crippen molar-refractivity contribution in [1.29, 1.82) is 0 Å². The summed E-state index contributed by atoms with van der Waals surface area (Å²) in [5.74, 6) is 0.628. The van der Waals surface area contributed by atoms with Gasteiger partial charge in [-0.2, -0.15) is 0 Å². The standard InChI is InChI=1S/C14H15Cl2NOS/c1-3-18-14-6-12(15)11(5-13(14)16)9-4-10(7-17-2)19-8-9/h4-6,8,17H,3,7H2,1-2H3. The van der Waals surface area contributed by atoms with Crippen molar-refractivity contribution in [3.05, 3.63) is 38.5 Å². The lowest BCUT2D eigenvalue weighted by molar-refractivity contribution is 0.340. The molecule has 2 aromatic rings. The second-order valence-corrected chi connectivity index (χ2v) is 5.84. The molecular weight excluding hydrogens is 301 g/mol. The Morgan fingerprint density at radius 3 is 2.68 bits per heavy atom. The van der Waals surface area contributed by atoms with E-state index >= 15 is 0 Å². The summed E-state index contributed by atoms with van der Waals surface area (Å²) >= 11 is 14.2. The smallest absolute Gasteiger partial charge is 0.139 e. The van der Waals surface area contributed by atoms with Gasteiger partial charge in [0.2, 0.25) is 0 Å². The van der Waals surface area contributed by atoms with Crippen molar-refractivity contribution >= 4 is 34.5 Å². The number of hydrogen-bond acceptors (Lipinski definition) is 3. The van der Waals surface area contributed by atoms with E-state index in [-0.39, 0.29) is 0 Å². The van der Waals surface area contributed by atoms with Gasteiger partial charge < -0.3 is 10.1 Å². The quantitative estimate of drug-likeness (QED) is 0.852. The molecule has 1 aromatic carbocycles. The molecule has 2 rings (SSSR count). The lowest BCUT2D eigenvalue weighted by Crippen LogP contribution is -2.02. The van der Waals surface area contributed by atoms with Crippen LogP contribution in [0, 0.1) is 0 Å². The normalized spacial score (nSPS) is 10.7. The SMILES string of the molecule is CCOc1cc(Cl)c(-c2csc(CNC)c2)cc1Cl. The van der Waals surface area contributed by atoms with Gasteiger partial charge in [-0.25, -0.2) is 0 Å². The Kier molecular flexibility index (Phi) is 5.11. The molecule has 2 nitrogen and oxygen atoms in total. The van der Waals surface area contributed by atoms with E-state index in [1.54, 1.807) is 17.4 Å². The first kappa shape index (κ1) is 14.7. The van der Waals surface area contributed by atoms with Gasteiger partial charge in [0.05, 0.1) is 16.7 Å². The molecule has 1 N–H and O–H groups in total. The van der Waals surface area contributed by atoms with E-state index in [0.717, 1.165) is 17.7 Å². The summed E-state index contributed by atoms with van der Waals surface area (Å²) in [6.45, 7) is 3.34. The lowest BCUT2D eigenvalue weighted by atomic mass is 10.1. The minimum absolute atomic E-state index is 0.570. The van der Waals surface area contributed by atoms with Crippen LogP contribution in [0.3, 0.4) is 0 Å². The maximum Gasteiger partial charge on any atom is 0.139 e. The van der Waals surface area contributed by atoms with E-state index in [0.29, 0.717) is 22.4 Å². The zero-order valence-corrected chi connectivity index (χ0v) is 13.1. The van der Waals surface area contributed by atoms with E-state index in [9.17, 15) is 0 Å². The molecule has 0 saturated heterocycles. The molecule has 0 aliphatic carbocycles. The van der Waals surface area contributed by atoms with Crippen LogP contribution in [0.4, 0.5) is 0 Å². The number of thiophene rings is 1. The first-order chi connectivity index (χ1) is 9.15. The summed E-state index contributed by atoms with van der Waals surface area (Å²) < 4.78 is 5.43. The van der Waals surface area contributed by atoms with Gasteiger partial charge in [0.15, 0.2) is 0 Å². The molecule has 0 spiro atoms. The molecule has 0 aliphatic heterocycles. The zero-order chi connectivity index (χ0) is 13.8. The first-order valence-corrected chi connectivity index (χ1v) is 7.63. The molecule has 0 amide bonds. The Morgan fingerprint density at radius 2 is 2.00 bits per heavy atom. The Labute approximate surface area is 127 Å². The Morgan fingerprint density at radius 1 is 1.21 bits per heavy atom. The molecule has 0 atom stereocenters. The number of ether oxygens (including phenoxy) is 1. The molecular formula is C14H15Cl2NOS. The van der Waals surface area contributed by atoms with Crippen LogP contribution in [0.1, 0.15) is 11.8 Å². The van der Waals surface area contributed by atoms with E-state index in [1.807, 2.05) is 20.0 Å². The molecule has 102 valence electrons. The highest BCUT2D eigenvalue weighted by Gasteiger charge is 2.11. The van der Waals surface area contributed by atoms with E-state index < -0.39 is 0 Å². The van der Waals surface area contributed by atoms with Crippen molar-refractivity contribution in [3.63, 3.8) is 0 Å². The van der Waals surface area contributed by atoms with Crippen molar-refractivity contribution in [2.24, 2.45) is 0 Å². The fourth-order valence-corrected chi connectivity index (χ4v) is 3.18. The number of nitrogens with one attached hydrogen (secondary N) is 1. The highest BCUT2D eigenvalue weighted by Crippen LogP contribution is 2.38. The molecule has 1 heterocycles. The Bertz CT molecular complexity index is 569. The number of hydrogen-bond donors (Lipinski definition) is 1. The largest absolute Gasteiger partial charge is 0.492 e. The summed E-state index contributed by atoms with van der Waals surface area (Å²) in [4.78, 5) is 1.26. The van der Waals surface area contributed by atoms with E-state index in [2.05, 4.69) is 16.8 Å². The van der Waals surface area contributed by atoms with Crippen LogP contribution in [0.2, 0.25) is 10.0 Å². The molecule has 0 radical (unpaired) electrons. The van der Waals surface area contributed by atoms with Crippen LogP contribution < -0.4 is 10.1 Å². The van der Waals surface area contributed by atoms with Crippen LogP contribution in [0.5, 0.6) is 5.75 Å². The van der Waals surface area contributed by atoms with Gasteiger partial charge in [0.25, 0.3) is 0 Å². The molecule has 0 aliphatic rings. The maximum atomic E-state index is 6.31. The average Bonchev–Trinajstić information content (AvgIpc) is 2.82. The van der Waals surface area contributed by atoms with Gasteiger partial charge in [-0.1, -0.05) is 23.2 Å². The molecule has 5 heteroatoms. The van der Waals surface area contributed by atoms with Crippen LogP contribution in [-0.2, 0) is 6.54 Å². The molecule has 19 heavy (non-hydrogen) atoms. The van der Waals surface area contributed by atoms with Gasteiger partial charge in [-0.3, -0.25) is 0 Å². The third kappa shape index (κ3) is 3.42. The number of rotatable bonds is 5. The van der Waals surface area contributed by atoms with Crippen LogP contribution >= 0.6 is 34.5 Å². The third-order valence-electron chi connectivity index (χ3n) is 2.64. The van der Waals surface area contributed by atoms with E-state index in [4.69, 9.17) is 27.9 Å². The summed E-state index contributed by atoms with van der Waals surface area (Å²) in [6.07, 6.45) is 0. The average molecular weight is 316 g/mol. The summed E-state index contributed by atoms with van der Waals surface area (Å²) in [5.41, 5.74) is 2.03.